The summed E-state index contributed by atoms with van der Waals surface area (Å²) < 4.78 is 16.7. The van der Waals surface area contributed by atoms with E-state index in [0.29, 0.717) is 0 Å². The Balaban J connectivity index is 2.95. The Morgan fingerprint density at radius 3 is 2.00 bits per heavy atom. The van der Waals surface area contributed by atoms with Gasteiger partial charge in [0.2, 0.25) is 17.4 Å². The number of hydrogen-bond donors (Lipinski definition) is 13. The first-order chi connectivity index (χ1) is 17.9. The zero-order valence-corrected chi connectivity index (χ0v) is 22.2. The number of hydrogen-bond acceptors (Lipinski definition) is 16. The second kappa shape index (κ2) is 15.0. The lowest BCUT2D eigenvalue weighted by Crippen LogP contribution is -2.64. The summed E-state index contributed by atoms with van der Waals surface area (Å²) in [7, 11) is 0. The molecule has 1 unspecified atom stereocenters. The minimum Gasteiger partial charge on any atom is -0.396 e. The maximum atomic E-state index is 10.6. The van der Waals surface area contributed by atoms with Crippen LogP contribution in [-0.2, 0) is 14.2 Å². The zero-order chi connectivity index (χ0) is 30.2. The predicted molar refractivity (Wildman–Crippen MR) is 128 cm³/mol. The van der Waals surface area contributed by atoms with Gasteiger partial charge in [-0.05, 0) is 20.3 Å². The van der Waals surface area contributed by atoms with Crippen molar-refractivity contribution in [1.29, 1.82) is 0 Å². The number of aliphatic hydroxyl groups excluding tert-OH is 10. The van der Waals surface area contributed by atoms with Crippen molar-refractivity contribution < 1.29 is 80.6 Å². The van der Waals surface area contributed by atoms with Crippen molar-refractivity contribution in [2.45, 2.75) is 112 Å². The summed E-state index contributed by atoms with van der Waals surface area (Å²) in [6, 6.07) is 0. The minimum absolute atomic E-state index is 0.108. The Morgan fingerprint density at radius 2 is 1.49 bits per heavy atom. The van der Waals surface area contributed by atoms with Gasteiger partial charge >= 0.3 is 0 Å². The van der Waals surface area contributed by atoms with Crippen LogP contribution in [0.15, 0.2) is 0 Å². The third kappa shape index (κ3) is 10.3. The first-order valence-corrected chi connectivity index (χ1v) is 12.6. The lowest BCUT2D eigenvalue weighted by atomic mass is 9.92. The zero-order valence-electron chi connectivity index (χ0n) is 22.2. The Bertz CT molecular complexity index is 710. The van der Waals surface area contributed by atoms with Crippen LogP contribution in [0.5, 0.6) is 0 Å². The summed E-state index contributed by atoms with van der Waals surface area (Å²) in [5, 5.41) is 128. The average Bonchev–Trinajstić information content (AvgIpc) is 2.84. The van der Waals surface area contributed by atoms with Gasteiger partial charge in [0.1, 0.15) is 24.4 Å². The molecule has 1 saturated heterocycles. The van der Waals surface area contributed by atoms with Gasteiger partial charge in [0.05, 0.1) is 50.3 Å². The smallest absolute Gasteiger partial charge is 0.219 e. The van der Waals surface area contributed by atoms with Crippen LogP contribution >= 0.6 is 0 Å². The van der Waals surface area contributed by atoms with E-state index < -0.39 is 111 Å². The number of aliphatic hydroxyl groups is 13. The monoisotopic (exact) mass is 578 g/mol. The molecule has 0 aromatic carbocycles. The molecule has 0 radical (unpaired) electrons. The molecule has 0 spiro atoms. The molecule has 0 amide bonds. The summed E-state index contributed by atoms with van der Waals surface area (Å²) in [6.07, 6.45) is -12.6. The van der Waals surface area contributed by atoms with E-state index in [1.165, 1.54) is 13.8 Å². The molecule has 39 heavy (non-hydrogen) atoms. The lowest BCUT2D eigenvalue weighted by Gasteiger charge is -2.49. The summed E-state index contributed by atoms with van der Waals surface area (Å²) in [5.74, 6) is -7.65. The van der Waals surface area contributed by atoms with Crippen molar-refractivity contribution in [3.63, 3.8) is 0 Å². The molecule has 13 N–H and O–H groups in total. The molecule has 1 rings (SSSR count). The highest BCUT2D eigenvalue weighted by molar-refractivity contribution is 4.94. The third-order valence-corrected chi connectivity index (χ3v) is 6.61. The van der Waals surface area contributed by atoms with E-state index in [2.05, 4.69) is 0 Å². The van der Waals surface area contributed by atoms with E-state index in [1.807, 2.05) is 0 Å². The van der Waals surface area contributed by atoms with Crippen LogP contribution in [0.3, 0.4) is 0 Å². The largest absolute Gasteiger partial charge is 0.396 e. The first kappa shape index (κ1) is 36.4. The topological polar surface area (TPSA) is 291 Å². The Labute approximate surface area is 225 Å². The molecule has 1 aliphatic rings. The van der Waals surface area contributed by atoms with Crippen LogP contribution in [-0.4, -0.2) is 165 Å². The van der Waals surface area contributed by atoms with E-state index >= 15 is 0 Å². The average molecular weight is 579 g/mol. The predicted octanol–water partition coefficient (Wildman–Crippen LogP) is -5.65. The fraction of sp³-hybridized carbons (Fsp3) is 1.00. The molecule has 0 aromatic heterocycles. The van der Waals surface area contributed by atoms with Crippen molar-refractivity contribution in [3.8, 4) is 0 Å². The fourth-order valence-electron chi connectivity index (χ4n) is 4.28. The Hall–Kier alpha value is -0.640. The first-order valence-electron chi connectivity index (χ1n) is 12.6. The van der Waals surface area contributed by atoms with Gasteiger partial charge in [-0.3, -0.25) is 0 Å². The van der Waals surface area contributed by atoms with E-state index in [4.69, 9.17) is 24.4 Å². The molecule has 234 valence electrons. The van der Waals surface area contributed by atoms with Gasteiger partial charge in [0.25, 0.3) is 0 Å². The summed E-state index contributed by atoms with van der Waals surface area (Å²) in [4.78, 5) is 0. The summed E-state index contributed by atoms with van der Waals surface area (Å²) >= 11 is 0. The maximum Gasteiger partial charge on any atom is 0.219 e. The van der Waals surface area contributed by atoms with E-state index in [9.17, 15) is 56.2 Å². The van der Waals surface area contributed by atoms with Crippen LogP contribution in [0.4, 0.5) is 0 Å². The molecule has 1 aliphatic heterocycles. The number of ether oxygens (including phenoxy) is 3. The molecule has 0 bridgehead atoms. The second-order valence-corrected chi connectivity index (χ2v) is 10.7. The standard InChI is InChI=1S/C23H46O16/c1-20(2,8-14(29)6-17(31)21(34,35)10-25)39-23(12-27)19(33)7-15(30)16(38-23)9-37-22(36,11-26)18(32)5-13(28)3-4-24/h13-19,24-36H,3-12H2,1-2H3/t13-,14+,15+,16?,17+,18+,19+,22-,23-/m0/s1. The highest BCUT2D eigenvalue weighted by Crippen LogP contribution is 2.36. The van der Waals surface area contributed by atoms with Gasteiger partial charge in [-0.25, -0.2) is 0 Å². The van der Waals surface area contributed by atoms with Crippen LogP contribution in [0, 0.1) is 0 Å². The molecule has 1 fully saturated rings. The highest BCUT2D eigenvalue weighted by Gasteiger charge is 2.52. The molecule has 1 heterocycles. The van der Waals surface area contributed by atoms with Crippen molar-refractivity contribution in [1.82, 2.24) is 0 Å². The Kier molecular flexibility index (Phi) is 14.0. The van der Waals surface area contributed by atoms with E-state index in [1.54, 1.807) is 0 Å². The maximum absolute atomic E-state index is 10.6. The molecule has 0 aliphatic carbocycles. The van der Waals surface area contributed by atoms with Crippen LogP contribution in [0.2, 0.25) is 0 Å². The van der Waals surface area contributed by atoms with E-state index in [0.717, 1.165) is 0 Å². The molecule has 0 saturated carbocycles. The molecular formula is C23H46O16. The molecular weight excluding hydrogens is 532 g/mol. The molecule has 16 nitrogen and oxygen atoms in total. The minimum atomic E-state index is -2.86. The van der Waals surface area contributed by atoms with Gasteiger partial charge in [-0.15, -0.1) is 0 Å². The molecule has 0 aromatic rings. The summed E-state index contributed by atoms with van der Waals surface area (Å²) in [6.45, 7) is -1.48. The highest BCUT2D eigenvalue weighted by atomic mass is 16.7. The van der Waals surface area contributed by atoms with E-state index in [-0.39, 0.29) is 19.4 Å². The number of rotatable bonds is 18. The summed E-state index contributed by atoms with van der Waals surface area (Å²) in [5.41, 5.74) is -1.41. The van der Waals surface area contributed by atoms with Crippen molar-refractivity contribution in [3.05, 3.63) is 0 Å². The van der Waals surface area contributed by atoms with Crippen LogP contribution in [0.1, 0.15) is 46.0 Å². The van der Waals surface area contributed by atoms with Gasteiger partial charge in [0, 0.05) is 32.3 Å². The molecule has 9 atom stereocenters. The van der Waals surface area contributed by atoms with Crippen LogP contribution < -0.4 is 0 Å². The Morgan fingerprint density at radius 1 is 0.897 bits per heavy atom. The second-order valence-electron chi connectivity index (χ2n) is 10.7. The normalized spacial score (nSPS) is 29.5. The van der Waals surface area contributed by atoms with Gasteiger partial charge in [-0.1, -0.05) is 0 Å². The van der Waals surface area contributed by atoms with Crippen LogP contribution in [0.25, 0.3) is 0 Å². The van der Waals surface area contributed by atoms with Crippen molar-refractivity contribution >= 4 is 0 Å². The third-order valence-electron chi connectivity index (χ3n) is 6.61. The van der Waals surface area contributed by atoms with Crippen molar-refractivity contribution in [2.75, 3.05) is 33.0 Å². The SMILES string of the molecule is CC(C)(C[C@H](O)C[C@@H](O)C(O)(O)CO)O[C@]1(CO)OC(CO[C@@](O)(CO)[C@H](O)C[C@@H](O)CCO)[C@H](O)C[C@H]1O. The fourth-order valence-corrected chi connectivity index (χ4v) is 4.28. The van der Waals surface area contributed by atoms with Gasteiger partial charge in [0.15, 0.2) is 0 Å². The quantitative estimate of drug-likeness (QED) is 0.0674. The lowest BCUT2D eigenvalue weighted by molar-refractivity contribution is -0.386. The van der Waals surface area contributed by atoms with Gasteiger partial charge < -0.3 is 80.6 Å². The molecule has 16 heteroatoms. The van der Waals surface area contributed by atoms with Crippen molar-refractivity contribution in [2.24, 2.45) is 0 Å². The van der Waals surface area contributed by atoms with Gasteiger partial charge in [-0.2, -0.15) is 0 Å².